The molecule has 3 aromatic carbocycles. The first-order valence-corrected chi connectivity index (χ1v) is 11.7. The number of amides is 1. The molecule has 0 unspecified atom stereocenters. The highest BCUT2D eigenvalue weighted by atomic mass is 35.5. The van der Waals surface area contributed by atoms with E-state index in [-0.39, 0.29) is 28.1 Å². The topological polar surface area (TPSA) is 88.2 Å². The van der Waals surface area contributed by atoms with Gasteiger partial charge in [-0.05, 0) is 54.6 Å². The largest absolute Gasteiger partial charge is 0.346 e. The number of fused-ring (bicyclic) bond motifs is 1. The number of carbonyl (C=O) groups is 1. The van der Waals surface area contributed by atoms with Gasteiger partial charge in [0.25, 0.3) is 15.9 Å². The van der Waals surface area contributed by atoms with Crippen molar-refractivity contribution in [2.45, 2.75) is 11.4 Å². The van der Waals surface area contributed by atoms with Gasteiger partial charge in [0.15, 0.2) is 0 Å². The number of thiazole rings is 1. The van der Waals surface area contributed by atoms with Crippen LogP contribution in [0.15, 0.2) is 71.6 Å². The molecule has 0 fully saturated rings. The van der Waals surface area contributed by atoms with E-state index in [1.807, 2.05) is 24.3 Å². The van der Waals surface area contributed by atoms with E-state index in [0.29, 0.717) is 5.56 Å². The minimum Gasteiger partial charge on any atom is -0.346 e. The van der Waals surface area contributed by atoms with Gasteiger partial charge in [-0.25, -0.2) is 17.8 Å². The Balaban J connectivity index is 1.41. The molecular formula is C21H15ClFN3O3S2. The summed E-state index contributed by atoms with van der Waals surface area (Å²) in [6.45, 7) is 0.290. The summed E-state index contributed by atoms with van der Waals surface area (Å²) in [5.41, 5.74) is 1.51. The number of sulfonamides is 1. The quantitative estimate of drug-likeness (QED) is 0.418. The zero-order chi connectivity index (χ0) is 22.0. The van der Waals surface area contributed by atoms with E-state index >= 15 is 0 Å². The van der Waals surface area contributed by atoms with Crippen LogP contribution in [0.25, 0.3) is 10.2 Å². The zero-order valence-corrected chi connectivity index (χ0v) is 18.2. The highest BCUT2D eigenvalue weighted by Crippen LogP contribution is 2.23. The summed E-state index contributed by atoms with van der Waals surface area (Å²) in [7, 11) is -3.95. The summed E-state index contributed by atoms with van der Waals surface area (Å²) < 4.78 is 41.6. The smallest absolute Gasteiger partial charge is 0.261 e. The van der Waals surface area contributed by atoms with E-state index in [2.05, 4.69) is 15.0 Å². The van der Waals surface area contributed by atoms with Crippen LogP contribution in [0.1, 0.15) is 15.4 Å². The summed E-state index contributed by atoms with van der Waals surface area (Å²) in [4.78, 5) is 16.7. The van der Waals surface area contributed by atoms with Gasteiger partial charge in [0.05, 0.1) is 26.7 Å². The Morgan fingerprint density at radius 2 is 1.81 bits per heavy atom. The van der Waals surface area contributed by atoms with Crippen LogP contribution in [0.4, 0.5) is 10.1 Å². The Kier molecular flexibility index (Phi) is 5.90. The average Bonchev–Trinajstić information content (AvgIpc) is 3.17. The Morgan fingerprint density at radius 1 is 1.06 bits per heavy atom. The molecule has 4 aromatic rings. The molecule has 0 aliphatic rings. The fourth-order valence-corrected chi connectivity index (χ4v) is 5.04. The van der Waals surface area contributed by atoms with Gasteiger partial charge in [0.1, 0.15) is 10.8 Å². The van der Waals surface area contributed by atoms with Crippen LogP contribution in [-0.2, 0) is 16.6 Å². The van der Waals surface area contributed by atoms with E-state index < -0.39 is 15.8 Å². The predicted octanol–water partition coefficient (Wildman–Crippen LogP) is 4.82. The number of rotatable bonds is 6. The lowest BCUT2D eigenvalue weighted by Crippen LogP contribution is -2.22. The molecule has 0 atom stereocenters. The molecule has 1 amide bonds. The number of para-hydroxylation sites is 1. The van der Waals surface area contributed by atoms with Crippen molar-refractivity contribution < 1.29 is 17.6 Å². The third kappa shape index (κ3) is 4.84. The Bertz CT molecular complexity index is 1340. The number of benzene rings is 3. The summed E-state index contributed by atoms with van der Waals surface area (Å²) in [6.07, 6.45) is 0. The maximum absolute atomic E-state index is 13.3. The molecule has 6 nitrogen and oxygen atoms in total. The van der Waals surface area contributed by atoms with Gasteiger partial charge in [0.2, 0.25) is 0 Å². The third-order valence-electron chi connectivity index (χ3n) is 4.34. The number of hydrogen-bond donors (Lipinski definition) is 2. The van der Waals surface area contributed by atoms with E-state index in [9.17, 15) is 17.6 Å². The first-order valence-electron chi connectivity index (χ1n) is 9.02. The van der Waals surface area contributed by atoms with E-state index in [4.69, 9.17) is 11.6 Å². The second-order valence-corrected chi connectivity index (χ2v) is 9.72. The van der Waals surface area contributed by atoms with Crippen molar-refractivity contribution in [1.29, 1.82) is 0 Å². The van der Waals surface area contributed by atoms with Crippen molar-refractivity contribution >= 4 is 54.8 Å². The van der Waals surface area contributed by atoms with Gasteiger partial charge in [0, 0.05) is 11.3 Å². The van der Waals surface area contributed by atoms with Crippen LogP contribution < -0.4 is 10.0 Å². The molecule has 0 radical (unpaired) electrons. The van der Waals surface area contributed by atoms with Crippen molar-refractivity contribution in [3.8, 4) is 0 Å². The number of carbonyl (C=O) groups excluding carboxylic acids is 1. The zero-order valence-electron chi connectivity index (χ0n) is 15.8. The highest BCUT2D eigenvalue weighted by molar-refractivity contribution is 7.92. The number of halogens is 2. The molecular weight excluding hydrogens is 461 g/mol. The van der Waals surface area contributed by atoms with E-state index in [1.165, 1.54) is 35.6 Å². The van der Waals surface area contributed by atoms with Crippen LogP contribution >= 0.6 is 22.9 Å². The minimum absolute atomic E-state index is 0.170. The maximum atomic E-state index is 13.3. The molecule has 10 heteroatoms. The number of nitrogens with zero attached hydrogens (tertiary/aromatic N) is 1. The van der Waals surface area contributed by atoms with E-state index in [0.717, 1.165) is 33.4 Å². The second-order valence-electron chi connectivity index (χ2n) is 6.52. The van der Waals surface area contributed by atoms with Crippen molar-refractivity contribution in [3.63, 3.8) is 0 Å². The molecule has 0 saturated heterocycles. The van der Waals surface area contributed by atoms with Crippen LogP contribution in [0, 0.1) is 5.82 Å². The van der Waals surface area contributed by atoms with Crippen LogP contribution in [0.5, 0.6) is 0 Å². The minimum atomic E-state index is -3.95. The molecule has 0 bridgehead atoms. The Labute approximate surface area is 186 Å². The first-order chi connectivity index (χ1) is 14.8. The normalized spacial score (nSPS) is 11.4. The number of nitrogens with one attached hydrogen (secondary N) is 2. The third-order valence-corrected chi connectivity index (χ3v) is 7.04. The van der Waals surface area contributed by atoms with Crippen LogP contribution in [0.3, 0.4) is 0 Å². The number of aromatic nitrogens is 1. The molecule has 0 saturated carbocycles. The van der Waals surface area contributed by atoms with Crippen molar-refractivity contribution in [2.75, 3.05) is 4.72 Å². The van der Waals surface area contributed by atoms with Crippen molar-refractivity contribution in [2.24, 2.45) is 0 Å². The second kappa shape index (κ2) is 8.62. The van der Waals surface area contributed by atoms with E-state index in [1.54, 1.807) is 0 Å². The Hall–Kier alpha value is -3.01. The fraction of sp³-hybridized carbons (Fsp3) is 0.0476. The fourth-order valence-electron chi connectivity index (χ4n) is 2.80. The Morgan fingerprint density at radius 3 is 2.52 bits per heavy atom. The molecule has 0 spiro atoms. The SMILES string of the molecule is O=C(NCc1nc2ccccc2s1)c1ccc(NS(=O)(=O)c2ccc(F)c(Cl)c2)cc1. The summed E-state index contributed by atoms with van der Waals surface area (Å²) in [6, 6.07) is 16.8. The van der Waals surface area contributed by atoms with Gasteiger partial charge >= 0.3 is 0 Å². The monoisotopic (exact) mass is 475 g/mol. The first kappa shape index (κ1) is 21.2. The molecule has 4 rings (SSSR count). The highest BCUT2D eigenvalue weighted by Gasteiger charge is 2.16. The lowest BCUT2D eigenvalue weighted by Gasteiger charge is -2.09. The van der Waals surface area contributed by atoms with Gasteiger partial charge in [-0.1, -0.05) is 23.7 Å². The summed E-state index contributed by atoms with van der Waals surface area (Å²) in [5, 5.41) is 3.30. The van der Waals surface area contributed by atoms with Crippen LogP contribution in [0.2, 0.25) is 5.02 Å². The van der Waals surface area contributed by atoms with Gasteiger partial charge < -0.3 is 5.32 Å². The lowest BCUT2D eigenvalue weighted by molar-refractivity contribution is 0.0951. The molecule has 2 N–H and O–H groups in total. The van der Waals surface area contributed by atoms with Gasteiger partial charge in [-0.3, -0.25) is 9.52 Å². The molecule has 0 aliphatic carbocycles. The molecule has 1 heterocycles. The maximum Gasteiger partial charge on any atom is 0.261 e. The van der Waals surface area contributed by atoms with Crippen LogP contribution in [-0.4, -0.2) is 19.3 Å². The van der Waals surface area contributed by atoms with Gasteiger partial charge in [-0.15, -0.1) is 11.3 Å². The number of anilines is 1. The summed E-state index contributed by atoms with van der Waals surface area (Å²) in [5.74, 6) is -1.01. The summed E-state index contributed by atoms with van der Waals surface area (Å²) >= 11 is 7.17. The average molecular weight is 476 g/mol. The van der Waals surface area contributed by atoms with Gasteiger partial charge in [-0.2, -0.15) is 0 Å². The molecule has 1 aromatic heterocycles. The van der Waals surface area contributed by atoms with Crippen molar-refractivity contribution in [1.82, 2.24) is 10.3 Å². The number of hydrogen-bond acceptors (Lipinski definition) is 5. The molecule has 0 aliphatic heterocycles. The predicted molar refractivity (Wildman–Crippen MR) is 119 cm³/mol. The molecule has 158 valence electrons. The van der Waals surface area contributed by atoms with Crippen molar-refractivity contribution in [3.05, 3.63) is 88.1 Å². The standard InChI is InChI=1S/C21H15ClFN3O3S2/c22-16-11-15(9-10-17(16)23)31(28,29)26-14-7-5-13(6-8-14)21(27)24-12-20-25-18-3-1-2-4-19(18)30-20/h1-11,26H,12H2,(H,24,27). The lowest BCUT2D eigenvalue weighted by atomic mass is 10.2. The molecule has 31 heavy (non-hydrogen) atoms.